The number of rotatable bonds is 10. The molecule has 0 spiro atoms. The smallest absolute Gasteiger partial charge is 0.416 e. The molecule has 0 radical (unpaired) electrons. The summed E-state index contributed by atoms with van der Waals surface area (Å²) >= 11 is 3.43. The fourth-order valence-corrected chi connectivity index (χ4v) is 3.68. The highest BCUT2D eigenvalue weighted by molar-refractivity contribution is 9.09. The van der Waals surface area contributed by atoms with Crippen LogP contribution >= 0.6 is 15.9 Å². The number of fused-ring (bicyclic) bond motifs is 1. The highest BCUT2D eigenvalue weighted by Gasteiger charge is 2.30. The highest BCUT2D eigenvalue weighted by atomic mass is 79.9. The van der Waals surface area contributed by atoms with Crippen molar-refractivity contribution in [3.63, 3.8) is 0 Å². The summed E-state index contributed by atoms with van der Waals surface area (Å²) in [7, 11) is 0. The molecule has 7 heteroatoms. The molecule has 0 amide bonds. The molecule has 0 aliphatic carbocycles. The first-order valence-corrected chi connectivity index (χ1v) is 11.4. The third kappa shape index (κ3) is 6.60. The number of ether oxygens (including phenoxy) is 1. The number of benzene rings is 2. The Bertz CT molecular complexity index is 1040. The van der Waals surface area contributed by atoms with Gasteiger partial charge in [-0.25, -0.2) is 0 Å². The Morgan fingerprint density at radius 2 is 1.55 bits per heavy atom. The van der Waals surface area contributed by atoms with Gasteiger partial charge in [0.15, 0.2) is 5.43 Å². The van der Waals surface area contributed by atoms with Crippen molar-refractivity contribution in [1.82, 2.24) is 0 Å². The van der Waals surface area contributed by atoms with Crippen LogP contribution in [0.3, 0.4) is 0 Å². The number of hydrogen-bond donors (Lipinski definition) is 0. The molecule has 3 rings (SSSR count). The predicted molar refractivity (Wildman–Crippen MR) is 120 cm³/mol. The predicted octanol–water partition coefficient (Wildman–Crippen LogP) is 7.59. The standard InChI is InChI=1S/C24H24BrF3O3/c25-13-5-3-1-2-4-6-14-30-19-10-7-17(8-11-19)23-16-21(29)20-15-18(24(26,27)28)9-12-22(20)31-23/h7-12,15-16H,1-6,13-14H2. The zero-order valence-corrected chi connectivity index (χ0v) is 18.6. The molecule has 0 saturated carbocycles. The maximum absolute atomic E-state index is 12.9. The molecular weight excluding hydrogens is 473 g/mol. The van der Waals surface area contributed by atoms with Gasteiger partial charge in [-0.1, -0.05) is 41.6 Å². The van der Waals surface area contributed by atoms with Gasteiger partial charge in [0.05, 0.1) is 17.6 Å². The normalized spacial score (nSPS) is 11.7. The van der Waals surface area contributed by atoms with Crippen LogP contribution in [0.15, 0.2) is 57.7 Å². The Morgan fingerprint density at radius 1 is 0.871 bits per heavy atom. The molecular formula is C24H24BrF3O3. The summed E-state index contributed by atoms with van der Waals surface area (Å²) in [5.41, 5.74) is -0.621. The minimum Gasteiger partial charge on any atom is -0.494 e. The van der Waals surface area contributed by atoms with E-state index in [-0.39, 0.29) is 11.0 Å². The Balaban J connectivity index is 1.61. The minimum absolute atomic E-state index is 0.0919. The first-order chi connectivity index (χ1) is 14.9. The molecule has 0 aliphatic rings. The van der Waals surface area contributed by atoms with Crippen LogP contribution in [-0.4, -0.2) is 11.9 Å². The van der Waals surface area contributed by atoms with E-state index in [0.717, 1.165) is 36.1 Å². The molecule has 0 N–H and O–H groups in total. The van der Waals surface area contributed by atoms with Gasteiger partial charge in [0.2, 0.25) is 0 Å². The van der Waals surface area contributed by atoms with Crippen LogP contribution in [0.4, 0.5) is 13.2 Å². The van der Waals surface area contributed by atoms with Crippen molar-refractivity contribution in [2.24, 2.45) is 0 Å². The molecule has 2 aromatic carbocycles. The van der Waals surface area contributed by atoms with Crippen LogP contribution in [-0.2, 0) is 6.18 Å². The van der Waals surface area contributed by atoms with Crippen molar-refractivity contribution in [2.45, 2.75) is 44.7 Å². The maximum atomic E-state index is 12.9. The van der Waals surface area contributed by atoms with Gasteiger partial charge in [-0.2, -0.15) is 13.2 Å². The average molecular weight is 497 g/mol. The first kappa shape index (κ1) is 23.4. The van der Waals surface area contributed by atoms with Crippen molar-refractivity contribution in [1.29, 1.82) is 0 Å². The summed E-state index contributed by atoms with van der Waals surface area (Å²) in [4.78, 5) is 12.4. The van der Waals surface area contributed by atoms with E-state index in [1.165, 1.54) is 37.8 Å². The van der Waals surface area contributed by atoms with Gasteiger partial charge >= 0.3 is 6.18 Å². The summed E-state index contributed by atoms with van der Waals surface area (Å²) in [6.45, 7) is 0.643. The SMILES string of the molecule is O=c1cc(-c2ccc(OCCCCCCCCBr)cc2)oc2ccc(C(F)(F)F)cc12. The van der Waals surface area contributed by atoms with E-state index in [0.29, 0.717) is 17.9 Å². The van der Waals surface area contributed by atoms with E-state index >= 15 is 0 Å². The number of hydrogen-bond acceptors (Lipinski definition) is 3. The van der Waals surface area contributed by atoms with Crippen LogP contribution in [0.5, 0.6) is 5.75 Å². The second kappa shape index (κ2) is 10.8. The summed E-state index contributed by atoms with van der Waals surface area (Å²) in [5, 5.41) is 0.971. The number of unbranched alkanes of at least 4 members (excludes halogenated alkanes) is 5. The van der Waals surface area contributed by atoms with Gasteiger partial charge in [0.1, 0.15) is 17.1 Å². The molecule has 0 aliphatic heterocycles. The maximum Gasteiger partial charge on any atom is 0.416 e. The lowest BCUT2D eigenvalue weighted by molar-refractivity contribution is -0.137. The molecule has 166 valence electrons. The molecule has 0 bridgehead atoms. The fraction of sp³-hybridized carbons (Fsp3) is 0.375. The van der Waals surface area contributed by atoms with Gasteiger partial charge in [0.25, 0.3) is 0 Å². The lowest BCUT2D eigenvalue weighted by Crippen LogP contribution is -2.07. The molecule has 0 saturated heterocycles. The molecule has 0 unspecified atom stereocenters. The quantitative estimate of drug-likeness (QED) is 0.214. The van der Waals surface area contributed by atoms with E-state index in [1.54, 1.807) is 24.3 Å². The monoisotopic (exact) mass is 496 g/mol. The zero-order valence-electron chi connectivity index (χ0n) is 17.0. The van der Waals surface area contributed by atoms with Gasteiger partial charge in [-0.05, 0) is 55.3 Å². The van der Waals surface area contributed by atoms with E-state index < -0.39 is 17.2 Å². The third-order valence-corrected chi connectivity index (χ3v) is 5.55. The van der Waals surface area contributed by atoms with Crippen molar-refractivity contribution < 1.29 is 22.3 Å². The Morgan fingerprint density at radius 3 is 2.23 bits per heavy atom. The summed E-state index contributed by atoms with van der Waals surface area (Å²) in [6.07, 6.45) is 2.54. The van der Waals surface area contributed by atoms with Crippen LogP contribution in [0, 0.1) is 0 Å². The lowest BCUT2D eigenvalue weighted by atomic mass is 10.1. The van der Waals surface area contributed by atoms with Crippen molar-refractivity contribution >= 4 is 26.9 Å². The molecule has 0 fully saturated rings. The van der Waals surface area contributed by atoms with Crippen molar-refractivity contribution in [2.75, 3.05) is 11.9 Å². The van der Waals surface area contributed by atoms with Crippen LogP contribution in [0.2, 0.25) is 0 Å². The van der Waals surface area contributed by atoms with E-state index in [4.69, 9.17) is 9.15 Å². The van der Waals surface area contributed by atoms with E-state index in [2.05, 4.69) is 15.9 Å². The Labute approximate surface area is 187 Å². The second-order valence-electron chi connectivity index (χ2n) is 7.37. The number of halogens is 4. The van der Waals surface area contributed by atoms with Gasteiger partial charge in [-0.15, -0.1) is 0 Å². The molecule has 0 atom stereocenters. The largest absolute Gasteiger partial charge is 0.494 e. The molecule has 1 aromatic heterocycles. The van der Waals surface area contributed by atoms with Crippen LogP contribution in [0.1, 0.15) is 44.1 Å². The first-order valence-electron chi connectivity index (χ1n) is 10.3. The van der Waals surface area contributed by atoms with Gasteiger partial charge < -0.3 is 9.15 Å². The molecule has 31 heavy (non-hydrogen) atoms. The molecule has 3 aromatic rings. The Kier molecular flexibility index (Phi) is 8.18. The third-order valence-electron chi connectivity index (χ3n) is 4.99. The van der Waals surface area contributed by atoms with Crippen LogP contribution in [0.25, 0.3) is 22.3 Å². The van der Waals surface area contributed by atoms with Gasteiger partial charge in [-0.3, -0.25) is 4.79 Å². The lowest BCUT2D eigenvalue weighted by Gasteiger charge is -2.09. The van der Waals surface area contributed by atoms with E-state index in [9.17, 15) is 18.0 Å². The fourth-order valence-electron chi connectivity index (χ4n) is 3.28. The van der Waals surface area contributed by atoms with E-state index in [1.807, 2.05) is 0 Å². The van der Waals surface area contributed by atoms with Crippen molar-refractivity contribution in [3.05, 3.63) is 64.3 Å². The summed E-state index contributed by atoms with van der Waals surface area (Å²) in [5.74, 6) is 1.02. The minimum atomic E-state index is -4.51. The molecule has 1 heterocycles. The second-order valence-corrected chi connectivity index (χ2v) is 8.16. The van der Waals surface area contributed by atoms with Gasteiger partial charge in [0, 0.05) is 17.0 Å². The number of alkyl halides is 4. The Hall–Kier alpha value is -2.28. The molecule has 3 nitrogen and oxygen atoms in total. The van der Waals surface area contributed by atoms with Crippen LogP contribution < -0.4 is 10.2 Å². The summed E-state index contributed by atoms with van der Waals surface area (Å²) in [6, 6.07) is 11.3. The average Bonchev–Trinajstić information content (AvgIpc) is 2.75. The topological polar surface area (TPSA) is 39.4 Å². The zero-order chi connectivity index (χ0) is 22.3. The highest BCUT2D eigenvalue weighted by Crippen LogP contribution is 2.32. The summed E-state index contributed by atoms with van der Waals surface area (Å²) < 4.78 is 50.1. The van der Waals surface area contributed by atoms with Crippen molar-refractivity contribution in [3.8, 4) is 17.1 Å².